The van der Waals surface area contributed by atoms with Gasteiger partial charge in [-0.3, -0.25) is 0 Å². The molecule has 20 heteroatoms. The van der Waals surface area contributed by atoms with Crippen LogP contribution in [0, 0.1) is 0 Å². The summed E-state index contributed by atoms with van der Waals surface area (Å²) in [5.74, 6) is -1.71. The monoisotopic (exact) mass is 840 g/mol. The van der Waals surface area contributed by atoms with Crippen molar-refractivity contribution in [1.82, 2.24) is 0 Å². The fraction of sp³-hybridized carbons (Fsp3) is 0.778. The van der Waals surface area contributed by atoms with E-state index in [1.807, 2.05) is 0 Å². The van der Waals surface area contributed by atoms with Gasteiger partial charge in [0, 0.05) is 12.2 Å². The van der Waals surface area contributed by atoms with Crippen molar-refractivity contribution in [2.24, 2.45) is 0 Å². The van der Waals surface area contributed by atoms with E-state index in [1.165, 1.54) is 0 Å². The number of hydrogen-bond donors (Lipinski definition) is 0. The highest BCUT2D eigenvalue weighted by atomic mass is 35.9. The first-order chi connectivity index (χ1) is 17.2. The Balaban J connectivity index is 4.67. The number of esters is 2. The Hall–Kier alpha value is 3.03. The maximum atomic E-state index is 12.3. The second kappa shape index (κ2) is 20.1. The predicted octanol–water partition coefficient (Wildman–Crippen LogP) is 11.0. The average molecular weight is 846 g/mol. The Morgan fingerprint density at radius 2 is 0.789 bits per heavy atom. The summed E-state index contributed by atoms with van der Waals surface area (Å²) in [6.45, 7) is 0. The van der Waals surface area contributed by atoms with E-state index in [2.05, 4.69) is 0 Å². The van der Waals surface area contributed by atoms with Crippen molar-refractivity contribution in [3.8, 4) is 0 Å². The van der Waals surface area contributed by atoms with Crippen molar-refractivity contribution >= 4 is 169 Å². The van der Waals surface area contributed by atoms with Crippen molar-refractivity contribution in [2.75, 3.05) is 0 Å². The fourth-order valence-corrected chi connectivity index (χ4v) is 11.1. The molecule has 38 heavy (non-hydrogen) atoms. The summed E-state index contributed by atoms with van der Waals surface area (Å²) < 4.78 is 10.6. The molecule has 0 aromatic carbocycles. The molecule has 2 unspecified atom stereocenters. The lowest BCUT2D eigenvalue weighted by molar-refractivity contribution is -0.142. The molecular weight excluding hydrogens is 818 g/mol. The van der Waals surface area contributed by atoms with Crippen LogP contribution in [0.15, 0.2) is 12.2 Å². The second-order valence-corrected chi connectivity index (χ2v) is 44.6. The molecule has 0 radical (unpaired) electrons. The molecule has 4 nitrogen and oxygen atoms in total. The van der Waals surface area contributed by atoms with Crippen molar-refractivity contribution in [3.63, 3.8) is 0 Å². The summed E-state index contributed by atoms with van der Waals surface area (Å²) in [5.41, 5.74) is -1.79. The third-order valence-corrected chi connectivity index (χ3v) is 16.9. The zero-order valence-electron chi connectivity index (χ0n) is 20.0. The van der Waals surface area contributed by atoms with Crippen molar-refractivity contribution in [1.29, 1.82) is 0 Å². The molecule has 0 amide bonds. The minimum Gasteiger partial charge on any atom is -0.458 e. The first kappa shape index (κ1) is 41.0. The van der Waals surface area contributed by atoms with E-state index < -0.39 is 47.4 Å². The fourth-order valence-electron chi connectivity index (χ4n) is 3.09. The van der Waals surface area contributed by atoms with E-state index in [4.69, 9.17) is 142 Å². The van der Waals surface area contributed by atoms with Crippen LogP contribution in [0.25, 0.3) is 0 Å². The lowest BCUT2D eigenvalue weighted by Crippen LogP contribution is -2.36. The SMILES string of the molecule is O=C(/C=C/C(=O)OC(CCCCCC[Si](Cl)(Cl)Cl)[Si](Cl)(Cl)Cl)OC(CCCCCC[Si](Cl)(Cl)Cl)[Si](Cl)(Cl)Cl. The van der Waals surface area contributed by atoms with Gasteiger partial charge in [0.05, 0.1) is 0 Å². The third kappa shape index (κ3) is 24.5. The van der Waals surface area contributed by atoms with Crippen LogP contribution in [0.4, 0.5) is 0 Å². The quantitative estimate of drug-likeness (QED) is 0.0403. The van der Waals surface area contributed by atoms with Gasteiger partial charge in [0.1, 0.15) is 11.5 Å². The van der Waals surface area contributed by atoms with Gasteiger partial charge in [-0.1, -0.05) is 38.5 Å². The van der Waals surface area contributed by atoms with E-state index in [0.717, 1.165) is 50.7 Å². The summed E-state index contributed by atoms with van der Waals surface area (Å²) in [6, 6.07) is -10.9. The molecule has 0 aromatic rings. The smallest absolute Gasteiger partial charge is 0.381 e. The normalized spacial score (nSPS) is 14.9. The molecule has 0 heterocycles. The highest BCUT2D eigenvalue weighted by molar-refractivity contribution is 7.66. The Kier molecular flexibility index (Phi) is 21.7. The second-order valence-electron chi connectivity index (χ2n) is 8.40. The molecule has 0 spiro atoms. The van der Waals surface area contributed by atoms with Gasteiger partial charge < -0.3 is 9.47 Å². The van der Waals surface area contributed by atoms with Crippen LogP contribution in [0.2, 0.25) is 12.1 Å². The number of unbranched alkanes of at least 4 members (excludes halogenated alkanes) is 6. The number of rotatable bonds is 20. The summed E-state index contributed by atoms with van der Waals surface area (Å²) in [5, 5.41) is 0. The lowest BCUT2D eigenvalue weighted by atomic mass is 10.2. The predicted molar refractivity (Wildman–Crippen MR) is 178 cm³/mol. The van der Waals surface area contributed by atoms with E-state index in [1.54, 1.807) is 0 Å². The Morgan fingerprint density at radius 3 is 1.05 bits per heavy atom. The number of halogens is 12. The van der Waals surface area contributed by atoms with Crippen LogP contribution in [0.3, 0.4) is 0 Å². The molecule has 0 aliphatic carbocycles. The summed E-state index contributed by atoms with van der Waals surface area (Å²) in [7, 11) is 0. The molecule has 2 atom stereocenters. The lowest BCUT2D eigenvalue weighted by Gasteiger charge is -2.22. The number of carbonyl (C=O) groups is 2. The van der Waals surface area contributed by atoms with Crippen LogP contribution < -0.4 is 0 Å². The summed E-state index contributed by atoms with van der Waals surface area (Å²) in [4.78, 5) is 24.5. The van der Waals surface area contributed by atoms with Gasteiger partial charge in [0.25, 0.3) is 0 Å². The molecule has 0 aliphatic rings. The Labute approximate surface area is 284 Å². The zero-order chi connectivity index (χ0) is 29.6. The number of hydrogen-bond acceptors (Lipinski definition) is 4. The van der Waals surface area contributed by atoms with Crippen LogP contribution in [0.1, 0.15) is 64.2 Å². The Bertz CT molecular complexity index is 679. The average Bonchev–Trinajstić information content (AvgIpc) is 2.72. The van der Waals surface area contributed by atoms with Gasteiger partial charge in [-0.05, 0) is 37.8 Å². The van der Waals surface area contributed by atoms with E-state index in [0.29, 0.717) is 37.8 Å². The van der Waals surface area contributed by atoms with Gasteiger partial charge in [0.15, 0.2) is 0 Å². The highest BCUT2D eigenvalue weighted by Gasteiger charge is 2.40. The van der Waals surface area contributed by atoms with E-state index in [-0.39, 0.29) is 0 Å². The molecular formula is C18H28Cl12O4Si4. The maximum absolute atomic E-state index is 12.3. The van der Waals surface area contributed by atoms with Crippen LogP contribution >= 0.6 is 133 Å². The van der Waals surface area contributed by atoms with Gasteiger partial charge in [-0.2, -0.15) is 0 Å². The number of ether oxygens (including phenoxy) is 2. The standard InChI is InChI=1S/C18H28Cl12O4Si4/c19-35(20,21)13-7-3-1-5-9-17(37(25,26)27)33-15(31)11-12-16(32)34-18(38(28,29)30)10-6-2-4-8-14-36(22,23)24/h11-12,17-18H,1-10,13-14H2/b12-11+. The molecule has 0 aliphatic heterocycles. The van der Waals surface area contributed by atoms with E-state index in [9.17, 15) is 9.59 Å². The molecule has 0 N–H and O–H groups in total. The first-order valence-corrected chi connectivity index (χ1v) is 32.3. The highest BCUT2D eigenvalue weighted by Crippen LogP contribution is 2.33. The molecule has 0 aromatic heterocycles. The summed E-state index contributed by atoms with van der Waals surface area (Å²) >= 11 is 71.8. The van der Waals surface area contributed by atoms with Gasteiger partial charge in [-0.25, -0.2) is 9.59 Å². The zero-order valence-corrected chi connectivity index (χ0v) is 33.0. The molecule has 0 bridgehead atoms. The molecule has 0 rings (SSSR count). The molecule has 0 saturated heterocycles. The largest absolute Gasteiger partial charge is 0.458 e. The minimum atomic E-state index is -3.39. The topological polar surface area (TPSA) is 52.6 Å². The summed E-state index contributed by atoms with van der Waals surface area (Å²) in [6.07, 6.45) is 8.58. The van der Waals surface area contributed by atoms with Gasteiger partial charge in [0.2, 0.25) is 0 Å². The van der Waals surface area contributed by atoms with Crippen LogP contribution in [-0.4, -0.2) is 47.4 Å². The molecule has 0 fully saturated rings. The van der Waals surface area contributed by atoms with Gasteiger partial charge in [-0.15, -0.1) is 133 Å². The van der Waals surface area contributed by atoms with Crippen molar-refractivity contribution in [2.45, 2.75) is 87.8 Å². The number of carbonyl (C=O) groups excluding carboxylic acids is 2. The Morgan fingerprint density at radius 1 is 0.500 bits per heavy atom. The van der Waals surface area contributed by atoms with Crippen LogP contribution in [-0.2, 0) is 19.1 Å². The minimum absolute atomic E-state index is 0.350. The van der Waals surface area contributed by atoms with Crippen molar-refractivity contribution < 1.29 is 19.1 Å². The molecule has 0 saturated carbocycles. The maximum Gasteiger partial charge on any atom is 0.381 e. The van der Waals surface area contributed by atoms with Gasteiger partial charge >= 0.3 is 36.0 Å². The third-order valence-electron chi connectivity index (χ3n) is 4.96. The first-order valence-electron chi connectivity index (χ1n) is 11.6. The van der Waals surface area contributed by atoms with Crippen molar-refractivity contribution in [3.05, 3.63) is 12.2 Å². The van der Waals surface area contributed by atoms with Crippen LogP contribution in [0.5, 0.6) is 0 Å². The molecule has 224 valence electrons. The van der Waals surface area contributed by atoms with E-state index >= 15 is 0 Å².